The van der Waals surface area contributed by atoms with Gasteiger partial charge in [0, 0.05) is 13.7 Å². The lowest BCUT2D eigenvalue weighted by molar-refractivity contribution is -0.140. The minimum atomic E-state index is -0.819. The first-order chi connectivity index (χ1) is 16.6. The van der Waals surface area contributed by atoms with Crippen molar-refractivity contribution in [3.8, 4) is 11.5 Å². The fraction of sp³-hybridized carbons (Fsp3) is 0.357. The molecule has 0 radical (unpaired) electrons. The monoisotopic (exact) mass is 479 g/mol. The van der Waals surface area contributed by atoms with E-state index in [-0.39, 0.29) is 29.9 Å². The third-order valence-corrected chi connectivity index (χ3v) is 5.94. The van der Waals surface area contributed by atoms with E-state index >= 15 is 0 Å². The van der Waals surface area contributed by atoms with Crippen molar-refractivity contribution in [2.75, 3.05) is 34.0 Å². The van der Waals surface area contributed by atoms with E-state index in [1.54, 1.807) is 42.5 Å². The Bertz CT molecular complexity index is 1140. The predicted octanol–water partition coefficient (Wildman–Crippen LogP) is 4.63. The van der Waals surface area contributed by atoms with Gasteiger partial charge in [-0.25, -0.2) is 0 Å². The third-order valence-electron chi connectivity index (χ3n) is 5.94. The molecule has 0 spiro atoms. The number of ketones is 1. The number of aliphatic hydroxyl groups is 1. The number of rotatable bonds is 9. The summed E-state index contributed by atoms with van der Waals surface area (Å²) in [5.41, 5.74) is 1.73. The van der Waals surface area contributed by atoms with Crippen LogP contribution in [0.25, 0.3) is 5.76 Å². The van der Waals surface area contributed by atoms with Crippen molar-refractivity contribution in [2.24, 2.45) is 0 Å². The number of methoxy groups -OCH3 is 2. The average Bonchev–Trinajstić information content (AvgIpc) is 3.09. The predicted molar refractivity (Wildman–Crippen MR) is 135 cm³/mol. The molecule has 1 atom stereocenters. The molecule has 1 aliphatic heterocycles. The van der Waals surface area contributed by atoms with Gasteiger partial charge < -0.3 is 24.2 Å². The zero-order valence-electron chi connectivity index (χ0n) is 21.0. The molecule has 1 amide bonds. The van der Waals surface area contributed by atoms with Crippen LogP contribution < -0.4 is 9.47 Å². The van der Waals surface area contributed by atoms with E-state index in [1.165, 1.54) is 19.1 Å². The topological polar surface area (TPSA) is 85.3 Å². The first-order valence-electron chi connectivity index (χ1n) is 11.4. The molecule has 7 nitrogen and oxygen atoms in total. The molecule has 0 aliphatic carbocycles. The summed E-state index contributed by atoms with van der Waals surface area (Å²) in [5, 5.41) is 11.5. The van der Waals surface area contributed by atoms with Gasteiger partial charge >= 0.3 is 0 Å². The lowest BCUT2D eigenvalue weighted by Gasteiger charge is -2.26. The highest BCUT2D eigenvalue weighted by atomic mass is 16.5. The van der Waals surface area contributed by atoms with Crippen LogP contribution >= 0.6 is 0 Å². The first-order valence-corrected chi connectivity index (χ1v) is 11.4. The van der Waals surface area contributed by atoms with Crippen molar-refractivity contribution in [1.82, 2.24) is 4.90 Å². The number of likely N-dealkylation sites (tertiary alicyclic amines) is 1. The van der Waals surface area contributed by atoms with E-state index in [2.05, 4.69) is 27.4 Å². The maximum Gasteiger partial charge on any atom is 0.295 e. The summed E-state index contributed by atoms with van der Waals surface area (Å²) in [4.78, 5) is 27.8. The van der Waals surface area contributed by atoms with Crippen LogP contribution in [0.4, 0.5) is 0 Å². The molecule has 2 aromatic rings. The maximum absolute atomic E-state index is 13.3. The summed E-state index contributed by atoms with van der Waals surface area (Å²) < 4.78 is 16.3. The van der Waals surface area contributed by atoms with Crippen LogP contribution in [-0.2, 0) is 19.7 Å². The number of nitrogens with zero attached hydrogens (tertiary/aromatic N) is 1. The summed E-state index contributed by atoms with van der Waals surface area (Å²) >= 11 is 0. The normalized spacial score (nSPS) is 17.5. The van der Waals surface area contributed by atoms with Gasteiger partial charge in [0.25, 0.3) is 11.7 Å². The molecule has 1 aliphatic rings. The lowest BCUT2D eigenvalue weighted by atomic mass is 9.85. The fourth-order valence-electron chi connectivity index (χ4n) is 4.08. The number of benzene rings is 2. The molecule has 1 saturated heterocycles. The van der Waals surface area contributed by atoms with E-state index in [1.807, 2.05) is 6.07 Å². The van der Waals surface area contributed by atoms with E-state index in [4.69, 9.17) is 14.2 Å². The average molecular weight is 480 g/mol. The molecular weight excluding hydrogens is 446 g/mol. The summed E-state index contributed by atoms with van der Waals surface area (Å²) in [5.74, 6) is -0.776. The highest BCUT2D eigenvalue weighted by Crippen LogP contribution is 2.42. The summed E-state index contributed by atoms with van der Waals surface area (Å²) in [6, 6.07) is 11.8. The standard InChI is InChI=1S/C28H33NO6/c1-7-14-35-20-10-8-9-18(16-20)24-23(26(31)27(32)29(24)13-15-33-5)25(30)21-17-19(28(2,3)4)11-12-22(21)34-6/h7-12,16-17,24,30H,1,13-15H2,2-6H3/b25-23+. The smallest absolute Gasteiger partial charge is 0.295 e. The van der Waals surface area contributed by atoms with Crippen LogP contribution in [-0.4, -0.2) is 55.7 Å². The number of ether oxygens (including phenoxy) is 3. The van der Waals surface area contributed by atoms with Crippen molar-refractivity contribution in [3.05, 3.63) is 77.4 Å². The molecular formula is C28H33NO6. The second kappa shape index (κ2) is 10.8. The highest BCUT2D eigenvalue weighted by molar-refractivity contribution is 6.46. The summed E-state index contributed by atoms with van der Waals surface area (Å²) in [7, 11) is 3.02. The number of carbonyl (C=O) groups excluding carboxylic acids is 2. The van der Waals surface area contributed by atoms with Gasteiger partial charge in [-0.2, -0.15) is 0 Å². The van der Waals surface area contributed by atoms with E-state index in [0.717, 1.165) is 5.56 Å². The lowest BCUT2D eigenvalue weighted by Crippen LogP contribution is -2.32. The second-order valence-corrected chi connectivity index (χ2v) is 9.32. The van der Waals surface area contributed by atoms with E-state index < -0.39 is 17.7 Å². The first kappa shape index (κ1) is 26.0. The molecule has 1 fully saturated rings. The Labute approximate surface area is 206 Å². The Kier molecular flexibility index (Phi) is 8.02. The van der Waals surface area contributed by atoms with E-state index in [9.17, 15) is 14.7 Å². The molecule has 1 unspecified atom stereocenters. The van der Waals surface area contributed by atoms with Gasteiger partial charge in [-0.1, -0.05) is 51.6 Å². The number of Topliss-reactive ketones (excluding diaryl/α,β-unsaturated/α-hetero) is 1. The second-order valence-electron chi connectivity index (χ2n) is 9.32. The van der Waals surface area contributed by atoms with Crippen LogP contribution in [0, 0.1) is 0 Å². The number of hydrogen-bond acceptors (Lipinski definition) is 6. The van der Waals surface area contributed by atoms with Crippen LogP contribution in [0.15, 0.2) is 60.7 Å². The van der Waals surface area contributed by atoms with Gasteiger partial charge in [-0.15, -0.1) is 0 Å². The summed E-state index contributed by atoms with van der Waals surface area (Å²) in [6.07, 6.45) is 1.63. The molecule has 1 heterocycles. The minimum Gasteiger partial charge on any atom is -0.507 e. The molecule has 35 heavy (non-hydrogen) atoms. The number of aliphatic hydroxyl groups excluding tert-OH is 1. The van der Waals surface area contributed by atoms with Crippen LogP contribution in [0.5, 0.6) is 11.5 Å². The molecule has 2 aromatic carbocycles. The highest BCUT2D eigenvalue weighted by Gasteiger charge is 2.46. The molecule has 3 rings (SSSR count). The number of hydrogen-bond donors (Lipinski definition) is 1. The Hall–Kier alpha value is -3.58. The van der Waals surface area contributed by atoms with Crippen molar-refractivity contribution in [3.63, 3.8) is 0 Å². The Balaban J connectivity index is 2.24. The maximum atomic E-state index is 13.3. The molecule has 1 N–H and O–H groups in total. The quantitative estimate of drug-likeness (QED) is 0.244. The van der Waals surface area contributed by atoms with Gasteiger partial charge in [0.05, 0.1) is 30.9 Å². The third kappa shape index (κ3) is 5.41. The largest absolute Gasteiger partial charge is 0.507 e. The van der Waals surface area contributed by atoms with Crippen molar-refractivity contribution < 1.29 is 28.9 Å². The molecule has 0 bridgehead atoms. The van der Waals surface area contributed by atoms with Crippen molar-refractivity contribution in [2.45, 2.75) is 32.2 Å². The van der Waals surface area contributed by atoms with Gasteiger partial charge in [-0.3, -0.25) is 9.59 Å². The van der Waals surface area contributed by atoms with Crippen molar-refractivity contribution >= 4 is 17.4 Å². The Morgan fingerprint density at radius 1 is 1.14 bits per heavy atom. The number of amides is 1. The van der Waals surface area contributed by atoms with Gasteiger partial charge in [0.15, 0.2) is 0 Å². The number of carbonyl (C=O) groups is 2. The fourth-order valence-corrected chi connectivity index (χ4v) is 4.08. The summed E-state index contributed by atoms with van der Waals surface area (Å²) in [6.45, 7) is 10.5. The van der Waals surface area contributed by atoms with Crippen LogP contribution in [0.3, 0.4) is 0 Å². The van der Waals surface area contributed by atoms with Gasteiger partial charge in [0.2, 0.25) is 0 Å². The molecule has 0 aromatic heterocycles. The zero-order valence-corrected chi connectivity index (χ0v) is 21.0. The Morgan fingerprint density at radius 2 is 1.89 bits per heavy atom. The van der Waals surface area contributed by atoms with Gasteiger partial charge in [0.1, 0.15) is 23.9 Å². The SMILES string of the molecule is C=CCOc1cccc(C2/C(=C(\O)c3cc(C(C)(C)C)ccc3OC)C(=O)C(=O)N2CCOC)c1. The molecule has 186 valence electrons. The zero-order chi connectivity index (χ0) is 25.8. The van der Waals surface area contributed by atoms with Gasteiger partial charge in [-0.05, 0) is 40.8 Å². The van der Waals surface area contributed by atoms with Crippen LogP contribution in [0.1, 0.15) is 43.5 Å². The molecule has 7 heteroatoms. The Morgan fingerprint density at radius 3 is 2.51 bits per heavy atom. The minimum absolute atomic E-state index is 0.00340. The molecule has 0 saturated carbocycles. The van der Waals surface area contributed by atoms with Crippen molar-refractivity contribution in [1.29, 1.82) is 0 Å². The van der Waals surface area contributed by atoms with E-state index in [0.29, 0.717) is 29.2 Å². The van der Waals surface area contributed by atoms with Crippen LogP contribution in [0.2, 0.25) is 0 Å².